The van der Waals surface area contributed by atoms with Crippen LogP contribution in [0.1, 0.15) is 48.5 Å². The van der Waals surface area contributed by atoms with Gasteiger partial charge in [0.2, 0.25) is 0 Å². The van der Waals surface area contributed by atoms with Gasteiger partial charge in [-0.3, -0.25) is 4.79 Å². The summed E-state index contributed by atoms with van der Waals surface area (Å²) in [5, 5.41) is 0. The number of carbonyl (C=O) groups is 1. The van der Waals surface area contributed by atoms with Crippen molar-refractivity contribution in [3.05, 3.63) is 0 Å². The van der Waals surface area contributed by atoms with E-state index in [0.29, 0.717) is 13.1 Å². The van der Waals surface area contributed by atoms with Crippen LogP contribution in [-0.2, 0) is 19.7 Å². The number of ether oxygens (including phenoxy) is 1. The summed E-state index contributed by atoms with van der Waals surface area (Å²) in [4.78, 5) is 12.1. The van der Waals surface area contributed by atoms with Crippen molar-refractivity contribution in [2.24, 2.45) is 5.92 Å². The van der Waals surface area contributed by atoms with E-state index < -0.39 is 27.8 Å². The monoisotopic (exact) mass is 308 g/mol. The van der Waals surface area contributed by atoms with Gasteiger partial charge in [0.05, 0.1) is 0 Å². The zero-order chi connectivity index (χ0) is 16.1. The van der Waals surface area contributed by atoms with E-state index in [4.69, 9.17) is 4.74 Å². The van der Waals surface area contributed by atoms with Gasteiger partial charge in [0.25, 0.3) is 10.2 Å². The fraction of sp³-hybridized carbons (Fsp3) is 0.923. The fourth-order valence-corrected chi connectivity index (χ4v) is 3.14. The van der Waals surface area contributed by atoms with Crippen molar-refractivity contribution in [1.82, 2.24) is 9.03 Å². The van der Waals surface area contributed by atoms with Crippen LogP contribution in [0.25, 0.3) is 0 Å². The van der Waals surface area contributed by atoms with Gasteiger partial charge in [-0.05, 0) is 26.7 Å². The van der Waals surface area contributed by atoms with Gasteiger partial charge in [-0.2, -0.15) is 17.4 Å². The summed E-state index contributed by atoms with van der Waals surface area (Å²) in [6.07, 6.45) is 0. The lowest BCUT2D eigenvalue weighted by molar-refractivity contribution is -0.158. The third-order valence-electron chi connectivity index (χ3n) is 2.65. The first-order valence-corrected chi connectivity index (χ1v) is 8.38. The Balaban J connectivity index is 5.10. The highest BCUT2D eigenvalue weighted by Gasteiger charge is 2.33. The molecule has 0 aromatic carbocycles. The lowest BCUT2D eigenvalue weighted by atomic mass is 10.1. The molecular weight excluding hydrogens is 280 g/mol. The van der Waals surface area contributed by atoms with Crippen LogP contribution in [0.15, 0.2) is 0 Å². The van der Waals surface area contributed by atoms with E-state index in [1.54, 1.807) is 48.5 Å². The molecule has 7 heteroatoms. The SMILES string of the molecule is CCN(CC)S(=O)(=O)N[C@@H](C(=O)OC(C)(C)C)C(C)C. The fourth-order valence-electron chi connectivity index (χ4n) is 1.62. The zero-order valence-corrected chi connectivity index (χ0v) is 14.4. The third-order valence-corrected chi connectivity index (χ3v) is 4.40. The molecule has 0 unspecified atom stereocenters. The smallest absolute Gasteiger partial charge is 0.325 e. The maximum Gasteiger partial charge on any atom is 0.325 e. The lowest BCUT2D eigenvalue weighted by Gasteiger charge is -2.28. The predicted molar refractivity (Wildman–Crippen MR) is 79.4 cm³/mol. The van der Waals surface area contributed by atoms with Crippen molar-refractivity contribution < 1.29 is 17.9 Å². The highest BCUT2D eigenvalue weighted by Crippen LogP contribution is 2.13. The van der Waals surface area contributed by atoms with Gasteiger partial charge in [0.1, 0.15) is 11.6 Å². The van der Waals surface area contributed by atoms with E-state index in [1.807, 2.05) is 0 Å². The van der Waals surface area contributed by atoms with Crippen LogP contribution in [0.2, 0.25) is 0 Å². The molecule has 0 aliphatic rings. The molecule has 0 aliphatic carbocycles. The Kier molecular flexibility index (Phi) is 7.13. The van der Waals surface area contributed by atoms with Crippen LogP contribution in [0.3, 0.4) is 0 Å². The maximum atomic E-state index is 12.2. The molecule has 0 saturated carbocycles. The van der Waals surface area contributed by atoms with Gasteiger partial charge in [-0.25, -0.2) is 0 Å². The second-order valence-electron chi connectivity index (χ2n) is 5.96. The first-order valence-electron chi connectivity index (χ1n) is 6.94. The zero-order valence-electron chi connectivity index (χ0n) is 13.6. The number of esters is 1. The summed E-state index contributed by atoms with van der Waals surface area (Å²) in [5.41, 5.74) is -0.648. The maximum absolute atomic E-state index is 12.2. The van der Waals surface area contributed by atoms with E-state index in [9.17, 15) is 13.2 Å². The van der Waals surface area contributed by atoms with Crippen LogP contribution in [0, 0.1) is 5.92 Å². The quantitative estimate of drug-likeness (QED) is 0.724. The molecule has 0 radical (unpaired) electrons. The Hall–Kier alpha value is -0.660. The lowest BCUT2D eigenvalue weighted by Crippen LogP contribution is -2.51. The highest BCUT2D eigenvalue weighted by molar-refractivity contribution is 7.87. The number of rotatable bonds is 7. The molecule has 0 bridgehead atoms. The Morgan fingerprint density at radius 2 is 1.65 bits per heavy atom. The minimum Gasteiger partial charge on any atom is -0.459 e. The van der Waals surface area contributed by atoms with Crippen molar-refractivity contribution in [2.75, 3.05) is 13.1 Å². The number of nitrogens with zero attached hydrogens (tertiary/aromatic N) is 1. The normalized spacial score (nSPS) is 14.7. The van der Waals surface area contributed by atoms with Gasteiger partial charge in [-0.1, -0.05) is 27.7 Å². The molecule has 0 fully saturated rings. The average molecular weight is 308 g/mol. The number of nitrogens with one attached hydrogen (secondary N) is 1. The van der Waals surface area contributed by atoms with E-state index in [-0.39, 0.29) is 5.92 Å². The number of carbonyl (C=O) groups excluding carboxylic acids is 1. The van der Waals surface area contributed by atoms with Gasteiger partial charge >= 0.3 is 5.97 Å². The molecule has 1 N–H and O–H groups in total. The molecular formula is C13H28N2O4S. The van der Waals surface area contributed by atoms with Gasteiger partial charge < -0.3 is 4.74 Å². The van der Waals surface area contributed by atoms with Crippen LogP contribution in [0.4, 0.5) is 0 Å². The second kappa shape index (κ2) is 7.38. The summed E-state index contributed by atoms with van der Waals surface area (Å²) in [6, 6.07) is -0.889. The summed E-state index contributed by atoms with van der Waals surface area (Å²) in [6.45, 7) is 13.0. The van der Waals surface area contributed by atoms with Crippen LogP contribution in [-0.4, -0.2) is 43.4 Å². The van der Waals surface area contributed by atoms with E-state index in [0.717, 1.165) is 0 Å². The molecule has 0 heterocycles. The molecule has 0 rings (SSSR count). The second-order valence-corrected chi connectivity index (χ2v) is 7.66. The van der Waals surface area contributed by atoms with Crippen molar-refractivity contribution >= 4 is 16.2 Å². The van der Waals surface area contributed by atoms with Gasteiger partial charge in [0.15, 0.2) is 0 Å². The topological polar surface area (TPSA) is 75.7 Å². The third kappa shape index (κ3) is 6.19. The number of hydrogen-bond donors (Lipinski definition) is 1. The Morgan fingerprint density at radius 1 is 1.20 bits per heavy atom. The van der Waals surface area contributed by atoms with Crippen molar-refractivity contribution in [3.8, 4) is 0 Å². The molecule has 0 aliphatic heterocycles. The van der Waals surface area contributed by atoms with Gasteiger partial charge in [0, 0.05) is 13.1 Å². The summed E-state index contributed by atoms with van der Waals surface area (Å²) >= 11 is 0. The Bertz CT molecular complexity index is 409. The molecule has 0 spiro atoms. The predicted octanol–water partition coefficient (Wildman–Crippen LogP) is 1.53. The minimum atomic E-state index is -3.68. The average Bonchev–Trinajstić information content (AvgIpc) is 2.24. The first kappa shape index (κ1) is 19.3. The van der Waals surface area contributed by atoms with E-state index in [2.05, 4.69) is 4.72 Å². The standard InChI is InChI=1S/C13H28N2O4S/c1-8-15(9-2)20(17,18)14-11(10(3)4)12(16)19-13(5,6)7/h10-11,14H,8-9H2,1-7H3/t11-/m1/s1. The minimum absolute atomic E-state index is 0.199. The van der Waals surface area contributed by atoms with Crippen LogP contribution >= 0.6 is 0 Å². The van der Waals surface area contributed by atoms with Gasteiger partial charge in [-0.15, -0.1) is 0 Å². The molecule has 0 amide bonds. The van der Waals surface area contributed by atoms with Crippen LogP contribution in [0.5, 0.6) is 0 Å². The molecule has 0 aromatic heterocycles. The van der Waals surface area contributed by atoms with Crippen LogP contribution < -0.4 is 4.72 Å². The van der Waals surface area contributed by atoms with E-state index in [1.165, 1.54) is 4.31 Å². The van der Waals surface area contributed by atoms with E-state index >= 15 is 0 Å². The Morgan fingerprint density at radius 3 is 1.95 bits per heavy atom. The summed E-state index contributed by atoms with van der Waals surface area (Å²) in [7, 11) is -3.68. The molecule has 6 nitrogen and oxygen atoms in total. The summed E-state index contributed by atoms with van der Waals surface area (Å²) < 4.78 is 33.4. The molecule has 0 saturated heterocycles. The largest absolute Gasteiger partial charge is 0.459 e. The van der Waals surface area contributed by atoms with Crippen molar-refractivity contribution in [2.45, 2.75) is 60.1 Å². The molecule has 20 heavy (non-hydrogen) atoms. The highest BCUT2D eigenvalue weighted by atomic mass is 32.2. The molecule has 120 valence electrons. The first-order chi connectivity index (χ1) is 8.94. The molecule has 1 atom stereocenters. The molecule has 0 aromatic rings. The van der Waals surface area contributed by atoms with Crippen molar-refractivity contribution in [3.63, 3.8) is 0 Å². The number of hydrogen-bond acceptors (Lipinski definition) is 4. The Labute approximate surface area is 123 Å². The van der Waals surface area contributed by atoms with Crippen molar-refractivity contribution in [1.29, 1.82) is 0 Å². The summed E-state index contributed by atoms with van der Waals surface area (Å²) in [5.74, 6) is -0.751.